The molecule has 0 spiro atoms. The lowest BCUT2D eigenvalue weighted by atomic mass is 9.90. The molecular weight excluding hydrogens is 927 g/mol. The van der Waals surface area contributed by atoms with Crippen LogP contribution in [0.3, 0.4) is 0 Å². The van der Waals surface area contributed by atoms with Crippen LogP contribution in [0.4, 0.5) is 0 Å². The minimum absolute atomic E-state index is 0. The quantitative estimate of drug-likeness (QED) is 0.122. The molecule has 3 heterocycles. The van der Waals surface area contributed by atoms with Crippen LogP contribution in [0.15, 0.2) is 103 Å². The molecule has 0 unspecified atom stereocenters. The summed E-state index contributed by atoms with van der Waals surface area (Å²) < 4.78 is 8.58. The van der Waals surface area contributed by atoms with Gasteiger partial charge in [-0.2, -0.15) is 0 Å². The molecule has 360 valence electrons. The van der Waals surface area contributed by atoms with Crippen LogP contribution in [0.5, 0.6) is 11.5 Å². The van der Waals surface area contributed by atoms with Crippen molar-refractivity contribution in [2.45, 2.75) is 77.0 Å². The van der Waals surface area contributed by atoms with Crippen molar-refractivity contribution < 1.29 is 33.8 Å². The number of nitrogens with zero attached hydrogens (tertiary/aromatic N) is 6. The molecule has 16 heteroatoms. The van der Waals surface area contributed by atoms with E-state index < -0.39 is 60.3 Å². The Morgan fingerprint density at radius 1 is 0.779 bits per heavy atom. The monoisotopic (exact) mass is 984 g/mol. The minimum atomic E-state index is -1.25. The highest BCUT2D eigenvalue weighted by Gasteiger charge is 2.38. The fourth-order valence-electron chi connectivity index (χ4n) is 9.12. The lowest BCUT2D eigenvalue weighted by molar-refractivity contribution is -0.149. The molecule has 4 atom stereocenters. The number of hydrogen-bond donors (Lipinski definition) is 1. The summed E-state index contributed by atoms with van der Waals surface area (Å²) in [4.78, 5) is 82.2. The lowest BCUT2D eigenvalue weighted by Gasteiger charge is -2.37. The van der Waals surface area contributed by atoms with E-state index >= 15 is 0 Å². The Labute approximate surface area is 414 Å². The van der Waals surface area contributed by atoms with Crippen LogP contribution in [0.1, 0.15) is 61.5 Å². The first-order valence-electron chi connectivity index (χ1n) is 22.8. The van der Waals surface area contributed by atoms with E-state index in [1.807, 2.05) is 80.0 Å². The van der Waals surface area contributed by atoms with Crippen LogP contribution in [0.2, 0.25) is 10.0 Å². The molecule has 2 fully saturated rings. The number of amides is 3. The van der Waals surface area contributed by atoms with Crippen LogP contribution in [-0.2, 0) is 57.0 Å². The van der Waals surface area contributed by atoms with Gasteiger partial charge in [0.2, 0.25) is 17.7 Å². The second-order valence-electron chi connectivity index (χ2n) is 17.9. The van der Waals surface area contributed by atoms with Gasteiger partial charge < -0.3 is 29.1 Å². The minimum Gasteiger partial charge on any atom is -0.481 e. The smallest absolute Gasteiger partial charge is 0.304 e. The predicted molar refractivity (Wildman–Crippen MR) is 265 cm³/mol. The number of imidazole rings is 1. The van der Waals surface area contributed by atoms with Crippen molar-refractivity contribution in [3.05, 3.63) is 136 Å². The molecule has 1 aromatic heterocycles. The Bertz CT molecular complexity index is 2550. The van der Waals surface area contributed by atoms with Gasteiger partial charge in [-0.15, -0.1) is 12.4 Å². The molecule has 2 saturated heterocycles. The van der Waals surface area contributed by atoms with Gasteiger partial charge in [-0.3, -0.25) is 28.9 Å². The Morgan fingerprint density at radius 3 is 2.12 bits per heavy atom. The van der Waals surface area contributed by atoms with E-state index in [9.17, 15) is 29.1 Å². The summed E-state index contributed by atoms with van der Waals surface area (Å²) in [6.45, 7) is 4.48. The van der Waals surface area contributed by atoms with Gasteiger partial charge in [0.1, 0.15) is 17.3 Å². The van der Waals surface area contributed by atoms with Crippen molar-refractivity contribution in [2.75, 3.05) is 33.7 Å². The number of ether oxygens (including phenoxy) is 1. The first-order chi connectivity index (χ1) is 32.1. The van der Waals surface area contributed by atoms with Gasteiger partial charge in [0.05, 0.1) is 55.3 Å². The van der Waals surface area contributed by atoms with Crippen LogP contribution in [-0.4, -0.2) is 110 Å². The Morgan fingerprint density at radius 2 is 1.44 bits per heavy atom. The number of likely N-dealkylation sites (tertiary alicyclic amines) is 1. The molecule has 13 nitrogen and oxygen atoms in total. The maximum Gasteiger partial charge on any atom is 0.304 e. The van der Waals surface area contributed by atoms with Gasteiger partial charge in [0, 0.05) is 61.7 Å². The SMILES string of the molecule is C[C@H]1C(=O)C[C@@H](CC(=O)O)C(=O)N(C)[C@H](Cc2ccc(Cl)cc2)CN(C)C(=O)[C@H](Cc2ccccc2)CC(=O)N1Cc1ccc(Cl)cc1Oc1ccc(-c2cnc(CN3CCCC3)n2C)cc1.Cl. The van der Waals surface area contributed by atoms with Crippen LogP contribution < -0.4 is 4.74 Å². The fraction of sp³-hybridized carbons (Fsp3) is 0.385. The van der Waals surface area contributed by atoms with Crippen LogP contribution >= 0.6 is 35.6 Å². The molecule has 0 radical (unpaired) electrons. The Balaban J connectivity index is 0.00000761. The third kappa shape index (κ3) is 13.1. The number of halogens is 3. The fourth-order valence-corrected chi connectivity index (χ4v) is 9.41. The molecular formula is C52H59Cl3N6O7. The number of rotatable bonds is 13. The van der Waals surface area contributed by atoms with Crippen molar-refractivity contribution in [1.82, 2.24) is 29.2 Å². The number of hydrogen-bond acceptors (Lipinski definition) is 8. The number of benzene rings is 4. The maximum atomic E-state index is 14.9. The molecule has 0 bridgehead atoms. The zero-order chi connectivity index (χ0) is 47.8. The van der Waals surface area contributed by atoms with Crippen molar-refractivity contribution in [2.24, 2.45) is 18.9 Å². The Kier molecular flexibility index (Phi) is 17.9. The van der Waals surface area contributed by atoms with Crippen LogP contribution in [0, 0.1) is 11.8 Å². The molecule has 3 amide bonds. The Hall–Kier alpha value is -5.73. The molecule has 2 aliphatic rings. The van der Waals surface area contributed by atoms with Crippen molar-refractivity contribution in [1.29, 1.82) is 0 Å². The lowest BCUT2D eigenvalue weighted by Crippen LogP contribution is -2.52. The molecule has 5 aromatic rings. The number of aliphatic carboxylic acids is 1. The van der Waals surface area contributed by atoms with E-state index in [0.29, 0.717) is 33.5 Å². The predicted octanol–water partition coefficient (Wildman–Crippen LogP) is 8.76. The van der Waals surface area contributed by atoms with Crippen molar-refractivity contribution in [3.8, 4) is 22.8 Å². The van der Waals surface area contributed by atoms with Gasteiger partial charge in [0.15, 0.2) is 5.78 Å². The van der Waals surface area contributed by atoms with E-state index in [1.165, 1.54) is 22.6 Å². The van der Waals surface area contributed by atoms with Gasteiger partial charge in [0.25, 0.3) is 0 Å². The molecule has 7 rings (SSSR count). The van der Waals surface area contributed by atoms with Crippen molar-refractivity contribution >= 4 is 65.1 Å². The standard InChI is InChI=1S/C52H58Cl2N6O7.ClH/c1-34-46(61)26-40(28-50(63)64)52(66)57(3)43(25-36-12-17-41(53)18-13-36)32-56(2)51(65)39(24-35-10-6-5-7-11-35)27-49(62)60(34)31-38-14-19-42(54)29-47(38)67-44-20-15-37(16-21-44)45-30-55-48(58(45)4)33-59-22-8-9-23-59;/h5-7,10-21,29-30,34,39-40,43H,8-9,22-28,31-33H2,1-4H3,(H,63,64);1H/t34-,39+,40-,43+;/m0./s1. The third-order valence-corrected chi connectivity index (χ3v) is 13.6. The second-order valence-corrected chi connectivity index (χ2v) is 18.8. The summed E-state index contributed by atoms with van der Waals surface area (Å²) in [5.74, 6) is -3.30. The normalized spacial score (nSPS) is 20.1. The summed E-state index contributed by atoms with van der Waals surface area (Å²) in [6, 6.07) is 27.5. The summed E-state index contributed by atoms with van der Waals surface area (Å²) in [5.41, 5.74) is 4.15. The zero-order valence-electron chi connectivity index (χ0n) is 38.9. The van der Waals surface area contributed by atoms with E-state index in [1.54, 1.807) is 56.3 Å². The molecule has 4 aromatic carbocycles. The molecule has 0 saturated carbocycles. The molecule has 1 N–H and O–H groups in total. The number of carbonyl (C=O) groups is 5. The number of likely N-dealkylation sites (N-methyl/N-ethyl adjacent to an activating group) is 2. The number of carboxylic acids is 1. The van der Waals surface area contributed by atoms with Crippen molar-refractivity contribution in [3.63, 3.8) is 0 Å². The van der Waals surface area contributed by atoms with Gasteiger partial charge in [-0.25, -0.2) is 4.98 Å². The number of ketones is 1. The maximum absolute atomic E-state index is 14.9. The summed E-state index contributed by atoms with van der Waals surface area (Å²) in [6.07, 6.45) is 3.58. The zero-order valence-corrected chi connectivity index (χ0v) is 41.2. The molecule has 2 aliphatic heterocycles. The van der Waals surface area contributed by atoms with E-state index in [-0.39, 0.29) is 44.2 Å². The van der Waals surface area contributed by atoms with Gasteiger partial charge in [-0.1, -0.05) is 71.7 Å². The van der Waals surface area contributed by atoms with Gasteiger partial charge in [-0.05, 0) is 105 Å². The second kappa shape index (κ2) is 23.5. The van der Waals surface area contributed by atoms with Crippen LogP contribution in [0.25, 0.3) is 11.3 Å². The highest BCUT2D eigenvalue weighted by molar-refractivity contribution is 6.31. The molecule has 68 heavy (non-hydrogen) atoms. The number of carboxylic acid groups (broad SMARTS) is 1. The largest absolute Gasteiger partial charge is 0.481 e. The average molecular weight is 986 g/mol. The van der Waals surface area contributed by atoms with E-state index in [2.05, 4.69) is 9.47 Å². The summed E-state index contributed by atoms with van der Waals surface area (Å²) >= 11 is 12.7. The van der Waals surface area contributed by atoms with E-state index in [4.69, 9.17) is 32.9 Å². The molecule has 0 aliphatic carbocycles. The average Bonchev–Trinajstić information content (AvgIpc) is 3.97. The summed E-state index contributed by atoms with van der Waals surface area (Å²) in [7, 11) is 5.24. The topological polar surface area (TPSA) is 146 Å². The highest BCUT2D eigenvalue weighted by atomic mass is 35.5. The first kappa shape index (κ1) is 51.7. The number of aromatic nitrogens is 2. The first-order valence-corrected chi connectivity index (χ1v) is 23.5. The highest BCUT2D eigenvalue weighted by Crippen LogP contribution is 2.33. The summed E-state index contributed by atoms with van der Waals surface area (Å²) in [5, 5.41) is 10.9. The number of carbonyl (C=O) groups excluding carboxylic acids is 4. The number of Topliss-reactive ketones (excluding diaryl/α,β-unsaturated/α-hetero) is 1. The van der Waals surface area contributed by atoms with Gasteiger partial charge >= 0.3 is 5.97 Å². The van der Waals surface area contributed by atoms with E-state index in [0.717, 1.165) is 47.8 Å². The third-order valence-electron chi connectivity index (χ3n) is 13.1.